The van der Waals surface area contributed by atoms with E-state index >= 15 is 0 Å². The van der Waals surface area contributed by atoms with Crippen molar-refractivity contribution in [3.8, 4) is 5.75 Å². The minimum Gasteiger partial charge on any atom is -0.497 e. The first-order chi connectivity index (χ1) is 13.5. The summed E-state index contributed by atoms with van der Waals surface area (Å²) in [6.45, 7) is 4.65. The van der Waals surface area contributed by atoms with Crippen LogP contribution in [0.2, 0.25) is 0 Å². The lowest BCUT2D eigenvalue weighted by Crippen LogP contribution is -2.25. The third-order valence-corrected chi connectivity index (χ3v) is 4.51. The maximum atomic E-state index is 12.3. The number of hydrogen-bond donors (Lipinski definition) is 2. The van der Waals surface area contributed by atoms with Gasteiger partial charge in [-0.3, -0.25) is 4.79 Å². The van der Waals surface area contributed by atoms with Crippen molar-refractivity contribution in [1.82, 2.24) is 10.3 Å². The molecule has 144 valence electrons. The van der Waals surface area contributed by atoms with Crippen LogP contribution in [-0.4, -0.2) is 24.5 Å². The van der Waals surface area contributed by atoms with Crippen molar-refractivity contribution in [1.29, 1.82) is 0 Å². The minimum atomic E-state index is -0.131. The van der Waals surface area contributed by atoms with Crippen molar-refractivity contribution in [3.05, 3.63) is 83.0 Å². The molecule has 0 spiro atoms. The van der Waals surface area contributed by atoms with Gasteiger partial charge in [-0.25, -0.2) is 4.98 Å². The highest BCUT2D eigenvalue weighted by molar-refractivity contribution is 5.94. The number of aryl methyl sites for hydroxylation is 2. The van der Waals surface area contributed by atoms with Gasteiger partial charge in [-0.15, -0.1) is 0 Å². The number of ether oxygens (including phenoxy) is 1. The number of benzene rings is 2. The molecular weight excluding hydrogens is 350 g/mol. The first-order valence-electron chi connectivity index (χ1n) is 9.26. The predicted molar refractivity (Wildman–Crippen MR) is 112 cm³/mol. The lowest BCUT2D eigenvalue weighted by Gasteiger charge is -2.10. The average Bonchev–Trinajstić information content (AvgIpc) is 2.71. The molecule has 0 bridgehead atoms. The van der Waals surface area contributed by atoms with Crippen LogP contribution >= 0.6 is 0 Å². The summed E-state index contributed by atoms with van der Waals surface area (Å²) in [5, 5.41) is 6.23. The van der Waals surface area contributed by atoms with Crippen LogP contribution in [-0.2, 0) is 6.42 Å². The molecule has 0 aliphatic carbocycles. The fraction of sp³-hybridized carbons (Fsp3) is 0.217. The maximum Gasteiger partial charge on any atom is 0.252 e. The van der Waals surface area contributed by atoms with Gasteiger partial charge in [-0.2, -0.15) is 0 Å². The Morgan fingerprint density at radius 3 is 2.68 bits per heavy atom. The zero-order valence-electron chi connectivity index (χ0n) is 16.5. The van der Waals surface area contributed by atoms with Crippen molar-refractivity contribution in [2.24, 2.45) is 0 Å². The summed E-state index contributed by atoms with van der Waals surface area (Å²) in [5.74, 6) is 1.40. The van der Waals surface area contributed by atoms with Crippen LogP contribution in [0.25, 0.3) is 0 Å². The third-order valence-electron chi connectivity index (χ3n) is 4.51. The predicted octanol–water partition coefficient (Wildman–Crippen LogP) is 4.42. The van der Waals surface area contributed by atoms with E-state index in [2.05, 4.69) is 40.7 Å². The molecule has 0 aliphatic rings. The second kappa shape index (κ2) is 9.04. The molecule has 3 aromatic rings. The highest BCUT2D eigenvalue weighted by atomic mass is 16.5. The number of nitrogens with zero attached hydrogens (tertiary/aromatic N) is 1. The largest absolute Gasteiger partial charge is 0.497 e. The van der Waals surface area contributed by atoms with Gasteiger partial charge in [-0.1, -0.05) is 24.3 Å². The Balaban J connectivity index is 1.55. The number of amides is 1. The summed E-state index contributed by atoms with van der Waals surface area (Å²) >= 11 is 0. The van der Waals surface area contributed by atoms with Gasteiger partial charge in [0.25, 0.3) is 5.91 Å². The fourth-order valence-electron chi connectivity index (χ4n) is 2.86. The number of rotatable bonds is 7. The lowest BCUT2D eigenvalue weighted by atomic mass is 10.1. The average molecular weight is 375 g/mol. The Kier molecular flexibility index (Phi) is 6.27. The van der Waals surface area contributed by atoms with Gasteiger partial charge in [0.1, 0.15) is 11.6 Å². The van der Waals surface area contributed by atoms with Crippen LogP contribution < -0.4 is 15.4 Å². The molecule has 1 amide bonds. The van der Waals surface area contributed by atoms with Crippen LogP contribution in [0.3, 0.4) is 0 Å². The zero-order chi connectivity index (χ0) is 19.9. The van der Waals surface area contributed by atoms with Gasteiger partial charge in [0, 0.05) is 18.4 Å². The van der Waals surface area contributed by atoms with E-state index in [0.717, 1.165) is 29.0 Å². The Morgan fingerprint density at radius 1 is 1.07 bits per heavy atom. The normalized spacial score (nSPS) is 10.4. The molecule has 0 fully saturated rings. The molecule has 28 heavy (non-hydrogen) atoms. The Labute approximate surface area is 165 Å². The molecule has 1 heterocycles. The van der Waals surface area contributed by atoms with Crippen LogP contribution in [0.4, 0.5) is 11.5 Å². The lowest BCUT2D eigenvalue weighted by molar-refractivity contribution is 0.0954. The van der Waals surface area contributed by atoms with E-state index in [1.54, 1.807) is 19.4 Å². The van der Waals surface area contributed by atoms with Crippen LogP contribution in [0.1, 0.15) is 27.0 Å². The van der Waals surface area contributed by atoms with E-state index in [-0.39, 0.29) is 5.91 Å². The topological polar surface area (TPSA) is 63.2 Å². The van der Waals surface area contributed by atoms with E-state index in [9.17, 15) is 4.79 Å². The SMILES string of the molecule is COc1cccc(CCNC(=O)c2ccc(Nc3cc(C)ccc3C)nc2)c1. The number of hydrogen-bond acceptors (Lipinski definition) is 4. The van der Waals surface area contributed by atoms with Gasteiger partial charge in [0.15, 0.2) is 0 Å². The molecule has 5 nitrogen and oxygen atoms in total. The molecule has 3 rings (SSSR count). The molecule has 0 saturated carbocycles. The van der Waals surface area contributed by atoms with Crippen LogP contribution in [0.5, 0.6) is 5.75 Å². The van der Waals surface area contributed by atoms with Gasteiger partial charge in [0.05, 0.1) is 12.7 Å². The van der Waals surface area contributed by atoms with Crippen molar-refractivity contribution < 1.29 is 9.53 Å². The molecule has 1 aromatic heterocycles. The van der Waals surface area contributed by atoms with E-state index in [1.807, 2.05) is 37.3 Å². The number of carbonyl (C=O) groups is 1. The second-order valence-electron chi connectivity index (χ2n) is 6.73. The Morgan fingerprint density at radius 2 is 1.93 bits per heavy atom. The summed E-state index contributed by atoms with van der Waals surface area (Å²) in [7, 11) is 1.65. The first kappa shape index (κ1) is 19.4. The Bertz CT molecular complexity index is 952. The number of nitrogens with one attached hydrogen (secondary N) is 2. The summed E-state index contributed by atoms with van der Waals surface area (Å²) < 4.78 is 5.22. The first-order valence-corrected chi connectivity index (χ1v) is 9.26. The molecule has 0 radical (unpaired) electrons. The molecular formula is C23H25N3O2. The molecule has 0 saturated heterocycles. The number of methoxy groups -OCH3 is 1. The highest BCUT2D eigenvalue weighted by Crippen LogP contribution is 2.20. The van der Waals surface area contributed by atoms with Crippen LogP contribution in [0.15, 0.2) is 60.8 Å². The fourth-order valence-corrected chi connectivity index (χ4v) is 2.86. The Hall–Kier alpha value is -3.34. The van der Waals surface area contributed by atoms with Gasteiger partial charge < -0.3 is 15.4 Å². The van der Waals surface area contributed by atoms with E-state index in [1.165, 1.54) is 5.56 Å². The molecule has 0 unspecified atom stereocenters. The molecule has 2 aromatic carbocycles. The van der Waals surface area contributed by atoms with E-state index in [0.29, 0.717) is 17.9 Å². The van der Waals surface area contributed by atoms with Crippen molar-refractivity contribution >= 4 is 17.4 Å². The monoisotopic (exact) mass is 375 g/mol. The number of anilines is 2. The van der Waals surface area contributed by atoms with Gasteiger partial charge in [-0.05, 0) is 67.3 Å². The van der Waals surface area contributed by atoms with Gasteiger partial charge >= 0.3 is 0 Å². The number of aromatic nitrogens is 1. The smallest absolute Gasteiger partial charge is 0.252 e. The summed E-state index contributed by atoms with van der Waals surface area (Å²) in [6, 6.07) is 17.7. The van der Waals surface area contributed by atoms with E-state index in [4.69, 9.17) is 4.74 Å². The summed E-state index contributed by atoms with van der Waals surface area (Å²) in [6.07, 6.45) is 2.33. The standard InChI is InChI=1S/C23H25N3O2/c1-16-7-8-17(2)21(13-16)26-22-10-9-19(15-25-22)23(27)24-12-11-18-5-4-6-20(14-18)28-3/h4-10,13-15H,11-12H2,1-3H3,(H,24,27)(H,25,26). The molecule has 0 aliphatic heterocycles. The number of carbonyl (C=O) groups excluding carboxylic acids is 1. The third kappa shape index (κ3) is 5.10. The summed E-state index contributed by atoms with van der Waals surface area (Å²) in [5.41, 5.74) is 5.00. The van der Waals surface area contributed by atoms with Crippen molar-refractivity contribution in [2.45, 2.75) is 20.3 Å². The number of pyridine rings is 1. The molecule has 0 atom stereocenters. The van der Waals surface area contributed by atoms with E-state index < -0.39 is 0 Å². The highest BCUT2D eigenvalue weighted by Gasteiger charge is 2.07. The quantitative estimate of drug-likeness (QED) is 0.641. The van der Waals surface area contributed by atoms with Crippen molar-refractivity contribution in [3.63, 3.8) is 0 Å². The minimum absolute atomic E-state index is 0.131. The molecule has 2 N–H and O–H groups in total. The van der Waals surface area contributed by atoms with Gasteiger partial charge in [0.2, 0.25) is 0 Å². The zero-order valence-corrected chi connectivity index (χ0v) is 16.5. The summed E-state index contributed by atoms with van der Waals surface area (Å²) in [4.78, 5) is 16.7. The van der Waals surface area contributed by atoms with Crippen LogP contribution in [0, 0.1) is 13.8 Å². The van der Waals surface area contributed by atoms with Crippen molar-refractivity contribution in [2.75, 3.05) is 19.0 Å². The molecule has 5 heteroatoms. The maximum absolute atomic E-state index is 12.3. The second-order valence-corrected chi connectivity index (χ2v) is 6.73.